The van der Waals surface area contributed by atoms with Gasteiger partial charge in [-0.1, -0.05) is 5.16 Å². The Labute approximate surface area is 93.5 Å². The van der Waals surface area contributed by atoms with Crippen molar-refractivity contribution >= 4 is 17.8 Å². The molecule has 17 heavy (non-hydrogen) atoms. The number of nitrogens with one attached hydrogen (secondary N) is 1. The van der Waals surface area contributed by atoms with Crippen molar-refractivity contribution in [1.82, 2.24) is 0 Å². The highest BCUT2D eigenvalue weighted by atomic mass is 19.4. The van der Waals surface area contributed by atoms with E-state index in [0.29, 0.717) is 6.21 Å². The number of oxime groups is 1. The van der Waals surface area contributed by atoms with E-state index in [2.05, 4.69) is 15.2 Å². The van der Waals surface area contributed by atoms with E-state index in [0.717, 1.165) is 12.1 Å². The molecule has 0 aliphatic heterocycles. The molecule has 1 amide bonds. The van der Waals surface area contributed by atoms with Crippen molar-refractivity contribution in [1.29, 1.82) is 0 Å². The van der Waals surface area contributed by atoms with Gasteiger partial charge in [0.25, 0.3) is 5.91 Å². The van der Waals surface area contributed by atoms with E-state index in [4.69, 9.17) is 5.21 Å². The van der Waals surface area contributed by atoms with E-state index in [-0.39, 0.29) is 5.69 Å². The van der Waals surface area contributed by atoms with E-state index >= 15 is 0 Å². The van der Waals surface area contributed by atoms with Gasteiger partial charge in [-0.15, -0.1) is 13.2 Å². The second-order valence-electron chi connectivity index (χ2n) is 2.81. The van der Waals surface area contributed by atoms with E-state index in [1.54, 1.807) is 0 Å². The number of benzene rings is 1. The average Bonchev–Trinajstić information content (AvgIpc) is 2.19. The average molecular weight is 248 g/mol. The summed E-state index contributed by atoms with van der Waals surface area (Å²) in [5.74, 6) is -1.11. The van der Waals surface area contributed by atoms with E-state index in [9.17, 15) is 18.0 Å². The lowest BCUT2D eigenvalue weighted by atomic mass is 10.3. The van der Waals surface area contributed by atoms with Gasteiger partial charge in [0.15, 0.2) is 0 Å². The highest BCUT2D eigenvalue weighted by molar-refractivity contribution is 6.31. The highest BCUT2D eigenvalue weighted by Gasteiger charge is 2.30. The maximum Gasteiger partial charge on any atom is 0.573 e. The number of carbonyl (C=O) groups is 1. The third kappa shape index (κ3) is 4.87. The summed E-state index contributed by atoms with van der Waals surface area (Å²) in [6, 6.07) is 4.51. The fourth-order valence-electron chi connectivity index (χ4n) is 0.967. The fraction of sp³-hybridized carbons (Fsp3) is 0.111. The van der Waals surface area contributed by atoms with E-state index in [1.165, 1.54) is 12.1 Å². The Morgan fingerprint density at radius 2 is 1.94 bits per heavy atom. The van der Waals surface area contributed by atoms with Gasteiger partial charge >= 0.3 is 6.36 Å². The molecule has 92 valence electrons. The number of alkyl halides is 3. The van der Waals surface area contributed by atoms with Crippen LogP contribution in [0.5, 0.6) is 5.75 Å². The van der Waals surface area contributed by atoms with Crippen LogP contribution in [0.4, 0.5) is 18.9 Å². The molecule has 0 radical (unpaired) electrons. The minimum Gasteiger partial charge on any atom is -0.411 e. The van der Waals surface area contributed by atoms with Crippen molar-refractivity contribution < 1.29 is 27.9 Å². The summed E-state index contributed by atoms with van der Waals surface area (Å²) < 4.78 is 39.1. The maximum atomic E-state index is 11.8. The molecule has 0 aliphatic carbocycles. The second kappa shape index (κ2) is 5.19. The molecular formula is C9H7F3N2O3. The normalized spacial score (nSPS) is 11.5. The minimum atomic E-state index is -4.76. The van der Waals surface area contributed by atoms with Crippen LogP contribution in [0, 0.1) is 0 Å². The summed E-state index contributed by atoms with van der Waals surface area (Å²) in [7, 11) is 0. The van der Waals surface area contributed by atoms with Gasteiger partial charge in [-0.05, 0) is 24.3 Å². The van der Waals surface area contributed by atoms with Crippen molar-refractivity contribution in [3.05, 3.63) is 24.3 Å². The van der Waals surface area contributed by atoms with Crippen molar-refractivity contribution in [2.24, 2.45) is 5.16 Å². The third-order valence-corrected chi connectivity index (χ3v) is 1.53. The fourth-order valence-corrected chi connectivity index (χ4v) is 0.967. The lowest BCUT2D eigenvalue weighted by molar-refractivity contribution is -0.274. The molecule has 5 nitrogen and oxygen atoms in total. The van der Waals surface area contributed by atoms with Crippen LogP contribution in [-0.4, -0.2) is 23.7 Å². The molecule has 0 saturated heterocycles. The molecule has 8 heteroatoms. The number of halogens is 3. The molecule has 2 N–H and O–H groups in total. The highest BCUT2D eigenvalue weighted by Crippen LogP contribution is 2.23. The van der Waals surface area contributed by atoms with Gasteiger partial charge in [-0.2, -0.15) is 0 Å². The zero-order valence-corrected chi connectivity index (χ0v) is 8.23. The molecule has 0 spiro atoms. The van der Waals surface area contributed by atoms with E-state index in [1.807, 2.05) is 0 Å². The summed E-state index contributed by atoms with van der Waals surface area (Å²) in [6.45, 7) is 0. The molecular weight excluding hydrogens is 241 g/mol. The summed E-state index contributed by atoms with van der Waals surface area (Å²) in [5, 5.41) is 12.8. The van der Waals surface area contributed by atoms with Crippen LogP contribution < -0.4 is 10.1 Å². The quantitative estimate of drug-likeness (QED) is 0.488. The zero-order chi connectivity index (χ0) is 12.9. The molecule has 0 fully saturated rings. The predicted octanol–water partition coefficient (Wildman–Crippen LogP) is 1.98. The molecule has 0 unspecified atom stereocenters. The van der Waals surface area contributed by atoms with Gasteiger partial charge in [-0.3, -0.25) is 4.79 Å². The maximum absolute atomic E-state index is 11.8. The standard InChI is InChI=1S/C9H7F3N2O3/c10-9(11,12)17-7-3-1-6(2-4-7)14-8(15)5-13-16/h1-5,16H,(H,14,15)/b13-5-. The van der Waals surface area contributed by atoms with Crippen LogP contribution in [0.3, 0.4) is 0 Å². The Morgan fingerprint density at radius 3 is 2.41 bits per heavy atom. The zero-order valence-electron chi connectivity index (χ0n) is 8.23. The van der Waals surface area contributed by atoms with Gasteiger partial charge in [-0.25, -0.2) is 0 Å². The molecule has 0 heterocycles. The molecule has 1 aromatic carbocycles. The lowest BCUT2D eigenvalue weighted by Gasteiger charge is -2.09. The summed E-state index contributed by atoms with van der Waals surface area (Å²) in [6.07, 6.45) is -4.14. The van der Waals surface area contributed by atoms with Crippen LogP contribution in [0.2, 0.25) is 0 Å². The number of amides is 1. The van der Waals surface area contributed by atoms with Crippen LogP contribution in [0.25, 0.3) is 0 Å². The van der Waals surface area contributed by atoms with E-state index < -0.39 is 18.0 Å². The van der Waals surface area contributed by atoms with Crippen molar-refractivity contribution in [2.75, 3.05) is 5.32 Å². The predicted molar refractivity (Wildman–Crippen MR) is 52.0 cm³/mol. The smallest absolute Gasteiger partial charge is 0.411 e. The number of hydrogen-bond acceptors (Lipinski definition) is 4. The number of nitrogens with zero attached hydrogens (tertiary/aromatic N) is 1. The van der Waals surface area contributed by atoms with Crippen molar-refractivity contribution in [2.45, 2.75) is 6.36 Å². The first-order valence-corrected chi connectivity index (χ1v) is 4.25. The Bertz CT molecular complexity index is 414. The SMILES string of the molecule is O=C(/C=N\O)Nc1ccc(OC(F)(F)F)cc1. The lowest BCUT2D eigenvalue weighted by Crippen LogP contribution is -2.17. The van der Waals surface area contributed by atoms with Crippen LogP contribution in [-0.2, 0) is 4.79 Å². The van der Waals surface area contributed by atoms with Gasteiger partial charge in [0.05, 0.1) is 0 Å². The number of ether oxygens (including phenoxy) is 1. The van der Waals surface area contributed by atoms with Crippen LogP contribution in [0.1, 0.15) is 0 Å². The van der Waals surface area contributed by atoms with Crippen molar-refractivity contribution in [3.8, 4) is 5.75 Å². The monoisotopic (exact) mass is 248 g/mol. The van der Waals surface area contributed by atoms with Gasteiger partial charge in [0.2, 0.25) is 0 Å². The third-order valence-electron chi connectivity index (χ3n) is 1.53. The first-order valence-electron chi connectivity index (χ1n) is 4.25. The largest absolute Gasteiger partial charge is 0.573 e. The first-order chi connectivity index (χ1) is 7.90. The Morgan fingerprint density at radius 1 is 1.35 bits per heavy atom. The minimum absolute atomic E-state index is 0.240. The number of anilines is 1. The molecule has 0 atom stereocenters. The molecule has 0 aliphatic rings. The summed E-state index contributed by atoms with van der Waals surface area (Å²) >= 11 is 0. The number of carbonyl (C=O) groups excluding carboxylic acids is 1. The number of rotatable bonds is 3. The molecule has 0 bridgehead atoms. The summed E-state index contributed by atoms with van der Waals surface area (Å²) in [5.41, 5.74) is 0.240. The Hall–Kier alpha value is -2.25. The van der Waals surface area contributed by atoms with Gasteiger partial charge < -0.3 is 15.3 Å². The molecule has 0 aromatic heterocycles. The Kier molecular flexibility index (Phi) is 3.91. The molecule has 1 rings (SSSR count). The summed E-state index contributed by atoms with van der Waals surface area (Å²) in [4.78, 5) is 10.9. The Balaban J connectivity index is 2.65. The number of hydrogen-bond donors (Lipinski definition) is 2. The van der Waals surface area contributed by atoms with Crippen LogP contribution >= 0.6 is 0 Å². The van der Waals surface area contributed by atoms with Gasteiger partial charge in [0, 0.05) is 5.69 Å². The molecule has 0 saturated carbocycles. The first kappa shape index (κ1) is 12.8. The van der Waals surface area contributed by atoms with Crippen LogP contribution in [0.15, 0.2) is 29.4 Å². The van der Waals surface area contributed by atoms with Crippen molar-refractivity contribution in [3.63, 3.8) is 0 Å². The topological polar surface area (TPSA) is 70.9 Å². The van der Waals surface area contributed by atoms with Gasteiger partial charge in [0.1, 0.15) is 12.0 Å². The molecule has 1 aromatic rings. The second-order valence-corrected chi connectivity index (χ2v) is 2.81.